The Morgan fingerprint density at radius 2 is 1.00 bits per heavy atom. The van der Waals surface area contributed by atoms with Crippen molar-refractivity contribution >= 4 is 41.1 Å². The first-order valence-electron chi connectivity index (χ1n) is 16.7. The molecule has 7 heteroatoms. The summed E-state index contributed by atoms with van der Waals surface area (Å²) in [5, 5.41) is 18.4. The zero-order chi connectivity index (χ0) is 31.7. The first-order valence-corrected chi connectivity index (χ1v) is 16.7. The number of halogens is 1. The summed E-state index contributed by atoms with van der Waals surface area (Å²) in [6, 6.07) is 34.6. The van der Waals surface area contributed by atoms with Crippen molar-refractivity contribution in [3.05, 3.63) is 131 Å². The lowest BCUT2D eigenvalue weighted by Crippen LogP contribution is -2.34. The van der Waals surface area contributed by atoms with Gasteiger partial charge in [-0.05, 0) is 91.5 Å². The standard InChI is InChI=1S/C23H26N2O2.C17H19NO.ClH/c26-23(27)20-9-5-14-24(17-20)15-6-16-25-21-10-3-1-7-18(21)12-13-19-8-2-4-11-22(19)25;19-13-5-12-18-16-8-3-1-6-14(16)10-11-15-7-2-4-9-17(15)18;/h1-4,7-11H,5-6,12-17H2,(H,26,27);1-4,6-9,19H,5,10-13H2;1H. The van der Waals surface area contributed by atoms with Crippen LogP contribution in [-0.4, -0.2) is 60.4 Å². The van der Waals surface area contributed by atoms with Gasteiger partial charge in [0.15, 0.2) is 0 Å². The van der Waals surface area contributed by atoms with Crippen LogP contribution in [-0.2, 0) is 30.5 Å². The van der Waals surface area contributed by atoms with Gasteiger partial charge in [-0.2, -0.15) is 0 Å². The number of carboxylic acids is 1. The number of benzene rings is 4. The molecule has 3 aliphatic heterocycles. The van der Waals surface area contributed by atoms with Gasteiger partial charge in [0.05, 0.1) is 0 Å². The zero-order valence-corrected chi connectivity index (χ0v) is 27.9. The first kappa shape index (κ1) is 34.2. The van der Waals surface area contributed by atoms with Crippen molar-refractivity contribution in [2.75, 3.05) is 49.1 Å². The minimum Gasteiger partial charge on any atom is -0.478 e. The van der Waals surface area contributed by atoms with Crippen molar-refractivity contribution in [3.8, 4) is 0 Å². The minimum absolute atomic E-state index is 0. The largest absolute Gasteiger partial charge is 0.478 e. The van der Waals surface area contributed by atoms with E-state index in [1.54, 1.807) is 0 Å². The molecule has 0 saturated carbocycles. The summed E-state index contributed by atoms with van der Waals surface area (Å²) in [5.74, 6) is -0.782. The van der Waals surface area contributed by atoms with Crippen molar-refractivity contribution in [3.63, 3.8) is 0 Å². The van der Waals surface area contributed by atoms with Crippen molar-refractivity contribution in [2.24, 2.45) is 0 Å². The van der Waals surface area contributed by atoms with Gasteiger partial charge in [0.25, 0.3) is 0 Å². The van der Waals surface area contributed by atoms with Gasteiger partial charge in [0, 0.05) is 67.7 Å². The average molecular weight is 652 g/mol. The Bertz CT molecular complexity index is 1580. The fourth-order valence-corrected chi connectivity index (χ4v) is 7.06. The lowest BCUT2D eigenvalue weighted by Gasteiger charge is -2.30. The van der Waals surface area contributed by atoms with Crippen LogP contribution in [0.4, 0.5) is 22.7 Å². The van der Waals surface area contributed by atoms with Crippen LogP contribution in [0.25, 0.3) is 0 Å². The van der Waals surface area contributed by atoms with Gasteiger partial charge in [-0.25, -0.2) is 4.79 Å². The Morgan fingerprint density at radius 1 is 0.596 bits per heavy atom. The van der Waals surface area contributed by atoms with Crippen LogP contribution in [0, 0.1) is 0 Å². The van der Waals surface area contributed by atoms with Crippen LogP contribution in [0.2, 0.25) is 0 Å². The van der Waals surface area contributed by atoms with E-state index < -0.39 is 5.97 Å². The van der Waals surface area contributed by atoms with Crippen molar-refractivity contribution in [1.29, 1.82) is 0 Å². The summed E-state index contributed by atoms with van der Waals surface area (Å²) in [5.41, 5.74) is 11.4. The van der Waals surface area contributed by atoms with Crippen LogP contribution in [0.5, 0.6) is 0 Å². The van der Waals surface area contributed by atoms with E-state index in [-0.39, 0.29) is 19.0 Å². The number of aliphatic carboxylic acids is 1. The maximum Gasteiger partial charge on any atom is 0.332 e. The molecule has 0 aromatic heterocycles. The molecule has 0 radical (unpaired) electrons. The molecule has 0 amide bonds. The molecule has 47 heavy (non-hydrogen) atoms. The lowest BCUT2D eigenvalue weighted by molar-refractivity contribution is -0.133. The monoisotopic (exact) mass is 651 g/mol. The maximum absolute atomic E-state index is 11.2. The molecule has 0 saturated heterocycles. The zero-order valence-electron chi connectivity index (χ0n) is 27.1. The SMILES string of the molecule is Cl.O=C(O)C1=CCCN(CCCN2c3ccccc3CCc3ccccc32)C1.OCCCN1c2ccccc2CCc2ccccc21. The molecule has 0 aliphatic carbocycles. The second-order valence-electron chi connectivity index (χ2n) is 12.3. The van der Waals surface area contributed by atoms with E-state index in [0.717, 1.165) is 71.1 Å². The second-order valence-corrected chi connectivity index (χ2v) is 12.3. The predicted octanol–water partition coefficient (Wildman–Crippen LogP) is 7.76. The molecule has 4 aromatic rings. The molecule has 7 rings (SSSR count). The number of aliphatic hydroxyl groups is 1. The summed E-state index contributed by atoms with van der Waals surface area (Å²) in [6.07, 6.45) is 8.81. The van der Waals surface area contributed by atoms with E-state index in [9.17, 15) is 9.90 Å². The fourth-order valence-electron chi connectivity index (χ4n) is 7.06. The van der Waals surface area contributed by atoms with E-state index in [1.165, 1.54) is 45.0 Å². The average Bonchev–Trinajstić information content (AvgIpc) is 3.36. The highest BCUT2D eigenvalue weighted by Crippen LogP contribution is 2.37. The summed E-state index contributed by atoms with van der Waals surface area (Å²) < 4.78 is 0. The van der Waals surface area contributed by atoms with Crippen LogP contribution in [0.1, 0.15) is 41.5 Å². The van der Waals surface area contributed by atoms with Gasteiger partial charge >= 0.3 is 5.97 Å². The van der Waals surface area contributed by atoms with E-state index >= 15 is 0 Å². The van der Waals surface area contributed by atoms with E-state index in [4.69, 9.17) is 5.11 Å². The molecule has 0 unspecified atom stereocenters. The summed E-state index contributed by atoms with van der Waals surface area (Å²) in [6.45, 7) is 4.47. The number of nitrogens with zero attached hydrogens (tertiary/aromatic N) is 3. The molecule has 2 N–H and O–H groups in total. The topological polar surface area (TPSA) is 67.2 Å². The third-order valence-corrected chi connectivity index (χ3v) is 9.36. The number of hydrogen-bond acceptors (Lipinski definition) is 5. The van der Waals surface area contributed by atoms with Gasteiger partial charge in [-0.15, -0.1) is 12.4 Å². The smallest absolute Gasteiger partial charge is 0.332 e. The number of fused-ring (bicyclic) bond motifs is 4. The van der Waals surface area contributed by atoms with E-state index in [2.05, 4.69) is 112 Å². The van der Waals surface area contributed by atoms with Gasteiger partial charge < -0.3 is 20.0 Å². The van der Waals surface area contributed by atoms with Crippen molar-refractivity contribution < 1.29 is 15.0 Å². The maximum atomic E-state index is 11.2. The molecular weight excluding hydrogens is 606 g/mol. The number of carboxylic acid groups (broad SMARTS) is 1. The molecule has 3 aliphatic rings. The lowest BCUT2D eigenvalue weighted by atomic mass is 10.0. The minimum atomic E-state index is -0.782. The number of aliphatic hydroxyl groups excluding tert-OH is 1. The first-order chi connectivity index (χ1) is 22.6. The molecular formula is C40H46ClN3O3. The number of carbonyl (C=O) groups is 1. The second kappa shape index (κ2) is 16.6. The number of aryl methyl sites for hydroxylation is 4. The third-order valence-electron chi connectivity index (χ3n) is 9.36. The number of para-hydroxylation sites is 4. The number of rotatable bonds is 8. The van der Waals surface area contributed by atoms with E-state index in [1.807, 2.05) is 6.08 Å². The Labute approximate surface area is 285 Å². The Kier molecular flexibility index (Phi) is 12.1. The Balaban J connectivity index is 0.000000191. The Morgan fingerprint density at radius 3 is 1.40 bits per heavy atom. The third kappa shape index (κ3) is 8.25. The van der Waals surface area contributed by atoms with E-state index in [0.29, 0.717) is 12.1 Å². The van der Waals surface area contributed by atoms with Crippen LogP contribution < -0.4 is 9.80 Å². The molecule has 6 nitrogen and oxygen atoms in total. The fraction of sp³-hybridized carbons (Fsp3) is 0.325. The van der Waals surface area contributed by atoms with Crippen LogP contribution in [0.3, 0.4) is 0 Å². The predicted molar refractivity (Wildman–Crippen MR) is 195 cm³/mol. The molecule has 0 atom stereocenters. The van der Waals surface area contributed by atoms with Crippen LogP contribution in [0.15, 0.2) is 109 Å². The van der Waals surface area contributed by atoms with Gasteiger partial charge in [-0.3, -0.25) is 4.90 Å². The number of hydrogen-bond donors (Lipinski definition) is 2. The summed E-state index contributed by atoms with van der Waals surface area (Å²) in [7, 11) is 0. The van der Waals surface area contributed by atoms with Gasteiger partial charge in [0.1, 0.15) is 0 Å². The molecule has 246 valence electrons. The molecule has 0 bridgehead atoms. The van der Waals surface area contributed by atoms with Crippen molar-refractivity contribution in [1.82, 2.24) is 4.90 Å². The molecule has 4 aromatic carbocycles. The van der Waals surface area contributed by atoms with Crippen LogP contribution >= 0.6 is 12.4 Å². The molecule has 0 spiro atoms. The normalized spacial score (nSPS) is 15.2. The summed E-state index contributed by atoms with van der Waals surface area (Å²) >= 11 is 0. The quantitative estimate of drug-likeness (QED) is 0.203. The van der Waals surface area contributed by atoms with Gasteiger partial charge in [0.2, 0.25) is 0 Å². The summed E-state index contributed by atoms with van der Waals surface area (Å²) in [4.78, 5) is 18.3. The molecule has 3 heterocycles. The highest BCUT2D eigenvalue weighted by molar-refractivity contribution is 5.87. The highest BCUT2D eigenvalue weighted by atomic mass is 35.5. The highest BCUT2D eigenvalue weighted by Gasteiger charge is 2.22. The molecule has 0 fully saturated rings. The van der Waals surface area contributed by atoms with Gasteiger partial charge in [-0.1, -0.05) is 78.9 Å². The Hall–Kier alpha value is -4.10. The van der Waals surface area contributed by atoms with Crippen molar-refractivity contribution in [2.45, 2.75) is 44.9 Å². The number of anilines is 4.